The summed E-state index contributed by atoms with van der Waals surface area (Å²) in [4.78, 5) is 10.5. The van der Waals surface area contributed by atoms with Crippen molar-refractivity contribution in [3.8, 4) is 12.1 Å². The van der Waals surface area contributed by atoms with Gasteiger partial charge in [-0.3, -0.25) is 4.79 Å². The minimum atomic E-state index is -1.35. The summed E-state index contributed by atoms with van der Waals surface area (Å²) in [6.07, 6.45) is -0.741. The molecular formula is C11H6F2N2O2. The van der Waals surface area contributed by atoms with Crippen LogP contribution in [0.25, 0.3) is 0 Å². The highest BCUT2D eigenvalue weighted by atomic mass is 19.1. The third kappa shape index (κ3) is 2.06. The van der Waals surface area contributed by atoms with Gasteiger partial charge in [0.25, 0.3) is 0 Å². The first-order valence-electron chi connectivity index (χ1n) is 4.46. The number of benzene rings is 1. The molecule has 1 aromatic carbocycles. The van der Waals surface area contributed by atoms with Crippen molar-refractivity contribution in [2.75, 3.05) is 0 Å². The molecule has 86 valence electrons. The van der Waals surface area contributed by atoms with E-state index in [1.54, 1.807) is 0 Å². The summed E-state index contributed by atoms with van der Waals surface area (Å²) in [6.45, 7) is 1.17. The van der Waals surface area contributed by atoms with E-state index in [0.29, 0.717) is 0 Å². The van der Waals surface area contributed by atoms with Crippen LogP contribution < -0.4 is 0 Å². The Morgan fingerprint density at radius 3 is 2.12 bits per heavy atom. The van der Waals surface area contributed by atoms with Gasteiger partial charge in [0.1, 0.15) is 34.9 Å². The number of carboxylic acid groups (broad SMARTS) is 1. The van der Waals surface area contributed by atoms with Gasteiger partial charge in [-0.25, -0.2) is 8.78 Å². The zero-order valence-corrected chi connectivity index (χ0v) is 8.71. The number of hydrogen-bond donors (Lipinski definition) is 1. The number of aliphatic carboxylic acids is 1. The highest BCUT2D eigenvalue weighted by molar-refractivity contribution is 5.71. The highest BCUT2D eigenvalue weighted by Gasteiger charge is 2.23. The molecule has 0 aliphatic carbocycles. The summed E-state index contributed by atoms with van der Waals surface area (Å²) >= 11 is 0. The van der Waals surface area contributed by atoms with Gasteiger partial charge in [0.2, 0.25) is 0 Å². The molecule has 0 bridgehead atoms. The molecule has 6 heteroatoms. The fraction of sp³-hybridized carbons (Fsp3) is 0.182. The molecule has 1 rings (SSSR count). The van der Waals surface area contributed by atoms with Crippen molar-refractivity contribution in [3.05, 3.63) is 33.9 Å². The summed E-state index contributed by atoms with van der Waals surface area (Å²) in [7, 11) is 0. The van der Waals surface area contributed by atoms with Crippen LogP contribution in [0.1, 0.15) is 22.3 Å². The van der Waals surface area contributed by atoms with Crippen LogP contribution in [-0.4, -0.2) is 11.1 Å². The minimum Gasteiger partial charge on any atom is -0.481 e. The molecule has 0 unspecified atom stereocenters. The quantitative estimate of drug-likeness (QED) is 0.845. The molecule has 0 radical (unpaired) electrons. The molecule has 4 nitrogen and oxygen atoms in total. The van der Waals surface area contributed by atoms with E-state index in [9.17, 15) is 13.6 Å². The lowest BCUT2D eigenvalue weighted by Crippen LogP contribution is -2.10. The largest absolute Gasteiger partial charge is 0.481 e. The van der Waals surface area contributed by atoms with E-state index >= 15 is 0 Å². The predicted molar refractivity (Wildman–Crippen MR) is 51.9 cm³/mol. The molecule has 0 saturated carbocycles. The Hall–Kier alpha value is -2.47. The van der Waals surface area contributed by atoms with E-state index in [-0.39, 0.29) is 5.56 Å². The molecule has 17 heavy (non-hydrogen) atoms. The highest BCUT2D eigenvalue weighted by Crippen LogP contribution is 2.25. The van der Waals surface area contributed by atoms with Gasteiger partial charge < -0.3 is 5.11 Å². The number of nitriles is 2. The fourth-order valence-electron chi connectivity index (χ4n) is 1.43. The third-order valence-corrected chi connectivity index (χ3v) is 2.29. The Labute approximate surface area is 95.3 Å². The van der Waals surface area contributed by atoms with Gasteiger partial charge in [0.15, 0.2) is 0 Å². The summed E-state index contributed by atoms with van der Waals surface area (Å²) in [5.41, 5.74) is -2.13. The van der Waals surface area contributed by atoms with Crippen molar-refractivity contribution in [2.45, 2.75) is 13.3 Å². The van der Waals surface area contributed by atoms with Crippen LogP contribution in [0.15, 0.2) is 0 Å². The maximum Gasteiger partial charge on any atom is 0.307 e. The molecule has 1 aromatic rings. The smallest absolute Gasteiger partial charge is 0.307 e. The summed E-state index contributed by atoms with van der Waals surface area (Å²) in [6, 6.07) is 2.76. The van der Waals surface area contributed by atoms with Crippen LogP contribution >= 0.6 is 0 Å². The van der Waals surface area contributed by atoms with Gasteiger partial charge >= 0.3 is 5.97 Å². The van der Waals surface area contributed by atoms with E-state index in [0.717, 1.165) is 0 Å². The van der Waals surface area contributed by atoms with Gasteiger partial charge in [-0.05, 0) is 12.5 Å². The second-order valence-corrected chi connectivity index (χ2v) is 3.28. The fourth-order valence-corrected chi connectivity index (χ4v) is 1.43. The maximum absolute atomic E-state index is 13.7. The van der Waals surface area contributed by atoms with E-state index < -0.39 is 40.7 Å². The van der Waals surface area contributed by atoms with Gasteiger partial charge in [0, 0.05) is 5.56 Å². The molecule has 0 spiro atoms. The molecule has 1 N–H and O–H groups in total. The van der Waals surface area contributed by atoms with E-state index in [1.165, 1.54) is 19.1 Å². The summed E-state index contributed by atoms with van der Waals surface area (Å²) in [5, 5.41) is 25.8. The predicted octanol–water partition coefficient (Wildman–Crippen LogP) is 1.64. The lowest BCUT2D eigenvalue weighted by molar-refractivity contribution is -0.136. The monoisotopic (exact) mass is 236 g/mol. The molecular weight excluding hydrogens is 230 g/mol. The zero-order chi connectivity index (χ0) is 13.2. The van der Waals surface area contributed by atoms with E-state index in [4.69, 9.17) is 15.6 Å². The summed E-state index contributed by atoms with van der Waals surface area (Å²) in [5.74, 6) is -3.55. The average molecular weight is 236 g/mol. The SMILES string of the molecule is Cc1c(F)c(C#N)c(C#N)c(F)c1CC(=O)O. The second-order valence-electron chi connectivity index (χ2n) is 3.28. The van der Waals surface area contributed by atoms with E-state index in [2.05, 4.69) is 0 Å². The first-order valence-corrected chi connectivity index (χ1v) is 4.46. The number of nitrogens with zero attached hydrogens (tertiary/aromatic N) is 2. The number of hydrogen-bond acceptors (Lipinski definition) is 3. The summed E-state index contributed by atoms with van der Waals surface area (Å²) < 4.78 is 27.3. The van der Waals surface area contributed by atoms with Crippen LogP contribution in [0.3, 0.4) is 0 Å². The lowest BCUT2D eigenvalue weighted by atomic mass is 9.96. The van der Waals surface area contributed by atoms with Crippen LogP contribution in [0.4, 0.5) is 8.78 Å². The van der Waals surface area contributed by atoms with Gasteiger partial charge in [-0.1, -0.05) is 0 Å². The zero-order valence-electron chi connectivity index (χ0n) is 8.71. The maximum atomic E-state index is 13.7. The Bertz CT molecular complexity index is 583. The Balaban J connectivity index is 3.67. The number of halogens is 2. The molecule has 0 aliphatic heterocycles. The normalized spacial score (nSPS) is 9.47. The molecule has 0 fully saturated rings. The van der Waals surface area contributed by atoms with Crippen LogP contribution in [0, 0.1) is 41.2 Å². The first kappa shape index (κ1) is 12.6. The number of rotatable bonds is 2. The number of carboxylic acids is 1. The Morgan fingerprint density at radius 2 is 1.71 bits per heavy atom. The van der Waals surface area contributed by atoms with Crippen molar-refractivity contribution < 1.29 is 18.7 Å². The van der Waals surface area contributed by atoms with E-state index in [1.807, 2.05) is 0 Å². The van der Waals surface area contributed by atoms with Crippen molar-refractivity contribution in [1.29, 1.82) is 10.5 Å². The third-order valence-electron chi connectivity index (χ3n) is 2.29. The Morgan fingerprint density at radius 1 is 1.24 bits per heavy atom. The molecule has 0 heterocycles. The molecule has 0 atom stereocenters. The molecule has 0 aromatic heterocycles. The standard InChI is InChI=1S/C11H6F2N2O2/c1-5-6(2-9(16)17)11(13)8(4-15)7(3-14)10(5)12/h2H2,1H3,(H,16,17). The molecule has 0 amide bonds. The van der Waals surface area contributed by atoms with Crippen LogP contribution in [-0.2, 0) is 11.2 Å². The van der Waals surface area contributed by atoms with Crippen LogP contribution in [0.2, 0.25) is 0 Å². The Kier molecular flexibility index (Phi) is 3.40. The van der Waals surface area contributed by atoms with Crippen molar-refractivity contribution >= 4 is 5.97 Å². The van der Waals surface area contributed by atoms with Crippen molar-refractivity contribution in [1.82, 2.24) is 0 Å². The topological polar surface area (TPSA) is 84.9 Å². The number of carbonyl (C=O) groups is 1. The van der Waals surface area contributed by atoms with Gasteiger partial charge in [0.05, 0.1) is 6.42 Å². The lowest BCUT2D eigenvalue weighted by Gasteiger charge is -2.09. The molecule has 0 saturated heterocycles. The minimum absolute atomic E-state index is 0.263. The first-order chi connectivity index (χ1) is 7.93. The average Bonchev–Trinajstić information content (AvgIpc) is 2.28. The second kappa shape index (κ2) is 4.58. The van der Waals surface area contributed by atoms with Crippen molar-refractivity contribution in [2.24, 2.45) is 0 Å². The van der Waals surface area contributed by atoms with Crippen LogP contribution in [0.5, 0.6) is 0 Å². The van der Waals surface area contributed by atoms with Crippen molar-refractivity contribution in [3.63, 3.8) is 0 Å². The van der Waals surface area contributed by atoms with Gasteiger partial charge in [-0.15, -0.1) is 0 Å². The molecule has 0 aliphatic rings. The van der Waals surface area contributed by atoms with Gasteiger partial charge in [-0.2, -0.15) is 10.5 Å².